The van der Waals surface area contributed by atoms with Crippen LogP contribution in [0.3, 0.4) is 0 Å². The van der Waals surface area contributed by atoms with Crippen LogP contribution in [0.15, 0.2) is 24.3 Å². The molecule has 0 atom stereocenters. The van der Waals surface area contributed by atoms with E-state index in [0.717, 1.165) is 12.1 Å². The van der Waals surface area contributed by atoms with Crippen LogP contribution in [-0.2, 0) is 11.2 Å². The summed E-state index contributed by atoms with van der Waals surface area (Å²) < 4.78 is 0. The van der Waals surface area contributed by atoms with Crippen molar-refractivity contribution in [3.8, 4) is 0 Å². The maximum absolute atomic E-state index is 11.5. The summed E-state index contributed by atoms with van der Waals surface area (Å²) in [6.45, 7) is 4.40. The van der Waals surface area contributed by atoms with Gasteiger partial charge in [-0.2, -0.15) is 0 Å². The number of hydrogen-bond donors (Lipinski definition) is 2. The Labute approximate surface area is 135 Å². The number of amides is 1. The highest BCUT2D eigenvalue weighted by molar-refractivity contribution is 7.15. The molecule has 0 aliphatic carbocycles. The van der Waals surface area contributed by atoms with Gasteiger partial charge in [0.1, 0.15) is 0 Å². The predicted octanol–water partition coefficient (Wildman–Crippen LogP) is 3.06. The second-order valence-electron chi connectivity index (χ2n) is 4.78. The number of rotatable bonds is 5. The molecule has 6 heteroatoms. The maximum atomic E-state index is 11.5. The monoisotopic (exact) mass is 325 g/mol. The van der Waals surface area contributed by atoms with Crippen LogP contribution in [0, 0.1) is 13.8 Å². The highest BCUT2D eigenvalue weighted by Crippen LogP contribution is 2.25. The summed E-state index contributed by atoms with van der Waals surface area (Å²) in [6, 6.07) is 8.47. The summed E-state index contributed by atoms with van der Waals surface area (Å²) in [5, 5.41) is 3.44. The van der Waals surface area contributed by atoms with Crippen LogP contribution in [-0.4, -0.2) is 17.4 Å². The number of aromatic nitrogens is 1. The number of nitrogens with one attached hydrogen (secondary N) is 1. The van der Waals surface area contributed by atoms with Crippen molar-refractivity contribution in [1.29, 1.82) is 0 Å². The van der Waals surface area contributed by atoms with Gasteiger partial charge in [0.15, 0.2) is 5.13 Å². The molecule has 1 aromatic heterocycles. The number of hydrogen-bond acceptors (Lipinski definition) is 4. The third-order valence-corrected chi connectivity index (χ3v) is 4.07. The Hall–Kier alpha value is -1.43. The van der Waals surface area contributed by atoms with Crippen molar-refractivity contribution in [2.45, 2.75) is 26.7 Å². The first kappa shape index (κ1) is 17.6. The predicted molar refractivity (Wildman–Crippen MR) is 90.4 cm³/mol. The van der Waals surface area contributed by atoms with Crippen LogP contribution in [0.4, 0.5) is 5.13 Å². The topological polar surface area (TPSA) is 68.0 Å². The van der Waals surface area contributed by atoms with Gasteiger partial charge in [-0.15, -0.1) is 23.7 Å². The lowest BCUT2D eigenvalue weighted by molar-refractivity contribution is -0.116. The van der Waals surface area contributed by atoms with Crippen molar-refractivity contribution < 1.29 is 4.79 Å². The maximum Gasteiger partial charge on any atom is 0.227 e. The van der Waals surface area contributed by atoms with Crippen molar-refractivity contribution in [2.24, 2.45) is 5.73 Å². The third kappa shape index (κ3) is 5.12. The van der Waals surface area contributed by atoms with Gasteiger partial charge in [0.2, 0.25) is 5.91 Å². The first-order valence-corrected chi connectivity index (χ1v) is 7.42. The fourth-order valence-electron chi connectivity index (χ4n) is 1.85. The fraction of sp³-hybridized carbons (Fsp3) is 0.333. The van der Waals surface area contributed by atoms with Crippen LogP contribution in [0.5, 0.6) is 0 Å². The molecule has 0 spiro atoms. The second-order valence-corrected chi connectivity index (χ2v) is 5.86. The SMILES string of the molecule is Cc1ccc(Cc2sc(NC(=O)CCN)nc2C)cc1.Cl. The number of carbonyl (C=O) groups excluding carboxylic acids is 1. The number of benzene rings is 1. The molecule has 21 heavy (non-hydrogen) atoms. The van der Waals surface area contributed by atoms with Gasteiger partial charge in [0.25, 0.3) is 0 Å². The number of nitrogens with two attached hydrogens (primary N) is 1. The van der Waals surface area contributed by atoms with E-state index in [9.17, 15) is 4.79 Å². The lowest BCUT2D eigenvalue weighted by Gasteiger charge is -2.00. The van der Waals surface area contributed by atoms with Crippen molar-refractivity contribution in [3.63, 3.8) is 0 Å². The Bertz CT molecular complexity index is 595. The van der Waals surface area contributed by atoms with Gasteiger partial charge < -0.3 is 11.1 Å². The highest BCUT2D eigenvalue weighted by Gasteiger charge is 2.10. The zero-order chi connectivity index (χ0) is 14.5. The minimum absolute atomic E-state index is 0. The van der Waals surface area contributed by atoms with Crippen LogP contribution < -0.4 is 11.1 Å². The first-order chi connectivity index (χ1) is 9.58. The number of aryl methyl sites for hydroxylation is 2. The van der Waals surface area contributed by atoms with E-state index in [0.29, 0.717) is 18.1 Å². The lowest BCUT2D eigenvalue weighted by atomic mass is 10.1. The average molecular weight is 326 g/mol. The fourth-order valence-corrected chi connectivity index (χ4v) is 2.86. The molecule has 2 rings (SSSR count). The van der Waals surface area contributed by atoms with E-state index in [1.165, 1.54) is 27.3 Å². The van der Waals surface area contributed by atoms with Gasteiger partial charge >= 0.3 is 0 Å². The Morgan fingerprint density at radius 2 is 1.95 bits per heavy atom. The summed E-state index contributed by atoms with van der Waals surface area (Å²) in [5.41, 5.74) is 8.83. The number of halogens is 1. The summed E-state index contributed by atoms with van der Waals surface area (Å²) in [4.78, 5) is 17.1. The van der Waals surface area contributed by atoms with E-state index >= 15 is 0 Å². The van der Waals surface area contributed by atoms with Crippen LogP contribution >= 0.6 is 23.7 Å². The van der Waals surface area contributed by atoms with Crippen molar-refractivity contribution >= 4 is 34.8 Å². The van der Waals surface area contributed by atoms with Crippen molar-refractivity contribution in [1.82, 2.24) is 4.98 Å². The van der Waals surface area contributed by atoms with Crippen molar-refractivity contribution in [2.75, 3.05) is 11.9 Å². The molecule has 0 unspecified atom stereocenters. The zero-order valence-corrected chi connectivity index (χ0v) is 13.8. The number of thiazole rings is 1. The molecule has 1 aromatic carbocycles. The number of nitrogens with zero attached hydrogens (tertiary/aromatic N) is 1. The van der Waals surface area contributed by atoms with Gasteiger partial charge in [0, 0.05) is 24.3 Å². The Morgan fingerprint density at radius 1 is 1.29 bits per heavy atom. The van der Waals surface area contributed by atoms with Crippen LogP contribution in [0.25, 0.3) is 0 Å². The molecule has 0 aliphatic rings. The molecule has 2 aromatic rings. The van der Waals surface area contributed by atoms with E-state index in [2.05, 4.69) is 41.5 Å². The van der Waals surface area contributed by atoms with Gasteiger partial charge in [-0.3, -0.25) is 4.79 Å². The molecular weight excluding hydrogens is 306 g/mol. The average Bonchev–Trinajstić information content (AvgIpc) is 2.72. The van der Waals surface area contributed by atoms with Crippen LogP contribution in [0.1, 0.15) is 28.1 Å². The second kappa shape index (κ2) is 8.12. The minimum atomic E-state index is -0.0804. The number of anilines is 1. The smallest absolute Gasteiger partial charge is 0.227 e. The van der Waals surface area contributed by atoms with Gasteiger partial charge in [-0.1, -0.05) is 29.8 Å². The molecule has 0 radical (unpaired) electrons. The molecule has 3 N–H and O–H groups in total. The summed E-state index contributed by atoms with van der Waals surface area (Å²) in [7, 11) is 0. The minimum Gasteiger partial charge on any atom is -0.330 e. The molecular formula is C15H20ClN3OS. The largest absolute Gasteiger partial charge is 0.330 e. The van der Waals surface area contributed by atoms with Gasteiger partial charge in [0.05, 0.1) is 5.69 Å². The molecule has 114 valence electrons. The van der Waals surface area contributed by atoms with E-state index in [-0.39, 0.29) is 18.3 Å². The lowest BCUT2D eigenvalue weighted by Crippen LogP contribution is -2.15. The molecule has 1 amide bonds. The first-order valence-electron chi connectivity index (χ1n) is 6.60. The molecule has 0 fully saturated rings. The Balaban J connectivity index is 0.00000220. The summed E-state index contributed by atoms with van der Waals surface area (Å²) >= 11 is 1.53. The van der Waals surface area contributed by atoms with Crippen molar-refractivity contribution in [3.05, 3.63) is 46.0 Å². The summed E-state index contributed by atoms with van der Waals surface area (Å²) in [6.07, 6.45) is 1.17. The molecule has 1 heterocycles. The van der Waals surface area contributed by atoms with Gasteiger partial charge in [-0.05, 0) is 19.4 Å². The molecule has 4 nitrogen and oxygen atoms in total. The van der Waals surface area contributed by atoms with E-state index < -0.39 is 0 Å². The standard InChI is InChI=1S/C15H19N3OS.ClH/c1-10-3-5-12(6-4-10)9-13-11(2)17-15(20-13)18-14(19)7-8-16;/h3-6H,7-9,16H2,1-2H3,(H,17,18,19);1H. The number of carbonyl (C=O) groups is 1. The Morgan fingerprint density at radius 3 is 2.57 bits per heavy atom. The molecule has 0 saturated carbocycles. The normalized spacial score (nSPS) is 10.0. The van der Waals surface area contributed by atoms with E-state index in [1.54, 1.807) is 0 Å². The summed E-state index contributed by atoms with van der Waals surface area (Å²) in [5.74, 6) is -0.0804. The quantitative estimate of drug-likeness (QED) is 0.887. The van der Waals surface area contributed by atoms with Crippen LogP contribution in [0.2, 0.25) is 0 Å². The zero-order valence-electron chi connectivity index (χ0n) is 12.2. The molecule has 0 aliphatic heterocycles. The Kier molecular flexibility index (Phi) is 6.81. The van der Waals surface area contributed by atoms with E-state index in [1.807, 2.05) is 6.92 Å². The molecule has 0 bridgehead atoms. The van der Waals surface area contributed by atoms with Gasteiger partial charge in [-0.25, -0.2) is 4.98 Å². The molecule has 0 saturated heterocycles. The third-order valence-electron chi connectivity index (χ3n) is 3.00. The van der Waals surface area contributed by atoms with E-state index in [4.69, 9.17) is 5.73 Å². The highest BCUT2D eigenvalue weighted by atomic mass is 35.5.